The molecule has 1 aromatic carbocycles. The maximum Gasteiger partial charge on any atom is 0.259 e. The summed E-state index contributed by atoms with van der Waals surface area (Å²) < 4.78 is 12.1. The molecule has 6 nitrogen and oxygen atoms in total. The van der Waals surface area contributed by atoms with Gasteiger partial charge in [0, 0.05) is 38.4 Å². The van der Waals surface area contributed by atoms with Crippen molar-refractivity contribution in [1.82, 2.24) is 14.8 Å². The number of pyridine rings is 1. The maximum absolute atomic E-state index is 13.2. The van der Waals surface area contributed by atoms with Gasteiger partial charge in [-0.05, 0) is 44.0 Å². The lowest BCUT2D eigenvalue weighted by Crippen LogP contribution is -2.47. The van der Waals surface area contributed by atoms with Gasteiger partial charge in [-0.15, -0.1) is 0 Å². The van der Waals surface area contributed by atoms with Gasteiger partial charge in [0.15, 0.2) is 11.5 Å². The lowest BCUT2D eigenvalue weighted by Gasteiger charge is -2.38. The highest BCUT2D eigenvalue weighted by Gasteiger charge is 2.27. The number of carbonyl (C=O) groups excluding carboxylic acids is 1. The second-order valence-electron chi connectivity index (χ2n) is 7.26. The molecule has 1 aliphatic heterocycles. The molecule has 6 heteroatoms. The van der Waals surface area contributed by atoms with Crippen LogP contribution in [0.5, 0.6) is 17.4 Å². The van der Waals surface area contributed by atoms with Gasteiger partial charge in [0.25, 0.3) is 5.91 Å². The van der Waals surface area contributed by atoms with E-state index in [-0.39, 0.29) is 5.91 Å². The molecule has 1 amide bonds. The van der Waals surface area contributed by atoms with Gasteiger partial charge in [-0.25, -0.2) is 4.98 Å². The van der Waals surface area contributed by atoms with Crippen molar-refractivity contribution in [3.63, 3.8) is 0 Å². The van der Waals surface area contributed by atoms with Crippen LogP contribution in [0.1, 0.15) is 36.5 Å². The quantitative estimate of drug-likeness (QED) is 0.796. The third-order valence-electron chi connectivity index (χ3n) is 5.61. The predicted molar refractivity (Wildman–Crippen MR) is 107 cm³/mol. The molecule has 148 valence electrons. The van der Waals surface area contributed by atoms with Gasteiger partial charge in [-0.1, -0.05) is 18.6 Å². The van der Waals surface area contributed by atoms with Crippen LogP contribution in [0.4, 0.5) is 0 Å². The molecule has 0 spiro atoms. The highest BCUT2D eigenvalue weighted by molar-refractivity contribution is 5.96. The highest BCUT2D eigenvalue weighted by atomic mass is 16.5. The Morgan fingerprint density at radius 2 is 1.89 bits per heavy atom. The molecule has 2 aliphatic rings. The Morgan fingerprint density at radius 1 is 1.07 bits per heavy atom. The zero-order valence-electron chi connectivity index (χ0n) is 16.3. The Bertz CT molecular complexity index is 822. The van der Waals surface area contributed by atoms with Crippen LogP contribution in [0.25, 0.3) is 0 Å². The number of para-hydroxylation sites is 2. The van der Waals surface area contributed by atoms with Crippen LogP contribution >= 0.6 is 0 Å². The zero-order chi connectivity index (χ0) is 19.3. The van der Waals surface area contributed by atoms with E-state index >= 15 is 0 Å². The number of ether oxygens (including phenoxy) is 2. The Hall–Kier alpha value is -2.60. The number of hydrogen-bond donors (Lipinski definition) is 0. The van der Waals surface area contributed by atoms with Crippen molar-refractivity contribution in [1.29, 1.82) is 0 Å². The third-order valence-corrected chi connectivity index (χ3v) is 5.61. The summed E-state index contributed by atoms with van der Waals surface area (Å²) in [6, 6.07) is 11.7. The normalized spacial score (nSPS) is 19.0. The number of carbonyl (C=O) groups is 1. The molecule has 1 aliphatic carbocycles. The van der Waals surface area contributed by atoms with E-state index in [0.717, 1.165) is 13.1 Å². The molecule has 0 unspecified atom stereocenters. The molecule has 0 N–H and O–H groups in total. The van der Waals surface area contributed by atoms with Gasteiger partial charge in [0.2, 0.25) is 5.88 Å². The molecule has 1 fully saturated rings. The van der Waals surface area contributed by atoms with Gasteiger partial charge in [0.1, 0.15) is 12.2 Å². The molecule has 0 radical (unpaired) electrons. The number of nitrogens with zero attached hydrogens (tertiary/aromatic N) is 3. The fourth-order valence-electron chi connectivity index (χ4n) is 3.72. The fraction of sp³-hybridized carbons (Fsp3) is 0.455. The van der Waals surface area contributed by atoms with Crippen molar-refractivity contribution in [2.75, 3.05) is 32.8 Å². The first-order valence-corrected chi connectivity index (χ1v) is 10.1. The number of hydrogen-bond acceptors (Lipinski definition) is 5. The Labute approximate surface area is 166 Å². The first-order valence-electron chi connectivity index (χ1n) is 10.1. The van der Waals surface area contributed by atoms with Crippen LogP contribution in [-0.2, 0) is 0 Å². The SMILES string of the molecule is CCN1CCN(C2CCC2)CCOc2ccccc2Oc2ncccc2C1=O. The number of rotatable bonds is 2. The van der Waals surface area contributed by atoms with Crippen molar-refractivity contribution in [3.05, 3.63) is 48.2 Å². The second-order valence-corrected chi connectivity index (χ2v) is 7.26. The lowest BCUT2D eigenvalue weighted by atomic mass is 9.91. The summed E-state index contributed by atoms with van der Waals surface area (Å²) in [6.07, 6.45) is 5.38. The van der Waals surface area contributed by atoms with Gasteiger partial charge < -0.3 is 14.4 Å². The van der Waals surface area contributed by atoms with E-state index < -0.39 is 0 Å². The first kappa shape index (κ1) is 18.7. The lowest BCUT2D eigenvalue weighted by molar-refractivity contribution is 0.0668. The fourth-order valence-corrected chi connectivity index (χ4v) is 3.72. The average molecular weight is 381 g/mol. The monoisotopic (exact) mass is 381 g/mol. The van der Waals surface area contributed by atoms with E-state index in [4.69, 9.17) is 9.47 Å². The molecule has 0 bridgehead atoms. The number of likely N-dealkylation sites (N-methyl/N-ethyl adjacent to an activating group) is 1. The standard InChI is InChI=1S/C22H27N3O3/c1-2-24-13-14-25(17-7-5-8-17)15-16-27-19-10-3-4-11-20(19)28-21-18(22(24)26)9-6-12-23-21/h3-4,6,9-12,17H,2,5,7-8,13-16H2,1H3. The van der Waals surface area contributed by atoms with Crippen molar-refractivity contribution in [2.24, 2.45) is 0 Å². The number of benzene rings is 1. The number of aromatic nitrogens is 1. The summed E-state index contributed by atoms with van der Waals surface area (Å²) in [5, 5.41) is 0. The smallest absolute Gasteiger partial charge is 0.259 e. The molecule has 4 rings (SSSR count). The molecular formula is C22H27N3O3. The minimum Gasteiger partial charge on any atom is -0.488 e. The third kappa shape index (κ3) is 3.97. The summed E-state index contributed by atoms with van der Waals surface area (Å²) in [5.41, 5.74) is 0.480. The van der Waals surface area contributed by atoms with E-state index in [9.17, 15) is 4.79 Å². The summed E-state index contributed by atoms with van der Waals surface area (Å²) in [7, 11) is 0. The first-order chi connectivity index (χ1) is 13.8. The summed E-state index contributed by atoms with van der Waals surface area (Å²) in [4.78, 5) is 21.9. The van der Waals surface area contributed by atoms with Crippen molar-refractivity contribution in [3.8, 4) is 17.4 Å². The Morgan fingerprint density at radius 3 is 2.64 bits per heavy atom. The van der Waals surface area contributed by atoms with Crippen LogP contribution in [0.15, 0.2) is 42.6 Å². The van der Waals surface area contributed by atoms with E-state index in [1.807, 2.05) is 36.1 Å². The highest BCUT2D eigenvalue weighted by Crippen LogP contribution is 2.33. The Balaban J connectivity index is 1.68. The summed E-state index contributed by atoms with van der Waals surface area (Å²) >= 11 is 0. The molecule has 1 aromatic heterocycles. The van der Waals surface area contributed by atoms with Gasteiger partial charge in [-0.3, -0.25) is 9.69 Å². The van der Waals surface area contributed by atoms with Gasteiger partial charge >= 0.3 is 0 Å². The van der Waals surface area contributed by atoms with E-state index in [0.29, 0.717) is 48.7 Å². The largest absolute Gasteiger partial charge is 0.488 e. The van der Waals surface area contributed by atoms with Crippen molar-refractivity contribution < 1.29 is 14.3 Å². The van der Waals surface area contributed by atoms with Crippen LogP contribution in [0.2, 0.25) is 0 Å². The molecule has 1 saturated carbocycles. The maximum atomic E-state index is 13.2. The van der Waals surface area contributed by atoms with E-state index in [1.54, 1.807) is 18.3 Å². The predicted octanol–water partition coefficient (Wildman–Crippen LogP) is 3.58. The average Bonchev–Trinajstić information content (AvgIpc) is 2.68. The van der Waals surface area contributed by atoms with E-state index in [1.165, 1.54) is 19.3 Å². The van der Waals surface area contributed by atoms with Crippen LogP contribution in [-0.4, -0.2) is 59.5 Å². The second kappa shape index (κ2) is 8.61. The minimum atomic E-state index is -0.0446. The minimum absolute atomic E-state index is 0.0446. The molecular weight excluding hydrogens is 354 g/mol. The summed E-state index contributed by atoms with van der Waals surface area (Å²) in [5.74, 6) is 1.52. The molecule has 28 heavy (non-hydrogen) atoms. The molecule has 2 aromatic rings. The zero-order valence-corrected chi connectivity index (χ0v) is 16.3. The number of fused-ring (bicyclic) bond motifs is 2. The molecule has 0 atom stereocenters. The van der Waals surface area contributed by atoms with Crippen LogP contribution in [0, 0.1) is 0 Å². The molecule has 0 saturated heterocycles. The van der Waals surface area contributed by atoms with Crippen molar-refractivity contribution >= 4 is 5.91 Å². The Kier molecular flexibility index (Phi) is 5.76. The number of amides is 1. The van der Waals surface area contributed by atoms with Crippen molar-refractivity contribution in [2.45, 2.75) is 32.2 Å². The summed E-state index contributed by atoms with van der Waals surface area (Å²) in [6.45, 7) is 5.64. The van der Waals surface area contributed by atoms with Crippen LogP contribution < -0.4 is 9.47 Å². The molecule has 2 heterocycles. The van der Waals surface area contributed by atoms with Gasteiger partial charge in [-0.2, -0.15) is 0 Å². The topological polar surface area (TPSA) is 54.9 Å². The van der Waals surface area contributed by atoms with Crippen LogP contribution in [0.3, 0.4) is 0 Å². The van der Waals surface area contributed by atoms with Gasteiger partial charge in [0.05, 0.1) is 0 Å². The van der Waals surface area contributed by atoms with E-state index in [2.05, 4.69) is 9.88 Å².